The van der Waals surface area contributed by atoms with Crippen molar-refractivity contribution in [1.82, 2.24) is 5.32 Å². The highest BCUT2D eigenvalue weighted by molar-refractivity contribution is 6.35. The van der Waals surface area contributed by atoms with Crippen molar-refractivity contribution < 1.29 is 28.9 Å². The predicted octanol–water partition coefficient (Wildman–Crippen LogP) is 4.71. The van der Waals surface area contributed by atoms with E-state index in [0.717, 1.165) is 0 Å². The minimum atomic E-state index is -1.32. The van der Waals surface area contributed by atoms with Crippen LogP contribution in [-0.2, 0) is 25.6 Å². The van der Waals surface area contributed by atoms with Crippen molar-refractivity contribution in [1.29, 1.82) is 0 Å². The number of esters is 1. The SMILES string of the molecule is CC(C)(C)OC(=O)CC[C@]1(C(=O)NCc2ccc(Cl)cc2Cl)COC(c2ccc(OCCCO)cc2)=N1. The minimum absolute atomic E-state index is 0.00976. The fourth-order valence-corrected chi connectivity index (χ4v) is 4.08. The predicted molar refractivity (Wildman–Crippen MR) is 142 cm³/mol. The Balaban J connectivity index is 1.78. The van der Waals surface area contributed by atoms with E-state index in [9.17, 15) is 9.59 Å². The van der Waals surface area contributed by atoms with Gasteiger partial charge in [-0.3, -0.25) is 9.59 Å². The van der Waals surface area contributed by atoms with Gasteiger partial charge in [-0.15, -0.1) is 0 Å². The molecule has 2 aromatic rings. The Morgan fingerprint density at radius 3 is 2.54 bits per heavy atom. The molecule has 200 valence electrons. The van der Waals surface area contributed by atoms with Crippen LogP contribution in [0.25, 0.3) is 0 Å². The molecule has 1 aliphatic heterocycles. The lowest BCUT2D eigenvalue weighted by atomic mass is 9.94. The van der Waals surface area contributed by atoms with Gasteiger partial charge in [0.15, 0.2) is 5.54 Å². The maximum atomic E-state index is 13.4. The van der Waals surface area contributed by atoms with Crippen molar-refractivity contribution in [2.75, 3.05) is 19.8 Å². The van der Waals surface area contributed by atoms with Crippen LogP contribution in [0.4, 0.5) is 0 Å². The summed E-state index contributed by atoms with van der Waals surface area (Å²) in [6.07, 6.45) is 0.631. The second kappa shape index (κ2) is 12.6. The van der Waals surface area contributed by atoms with Crippen molar-refractivity contribution in [3.8, 4) is 5.75 Å². The van der Waals surface area contributed by atoms with E-state index in [1.165, 1.54) is 0 Å². The number of nitrogens with one attached hydrogen (secondary N) is 1. The summed E-state index contributed by atoms with van der Waals surface area (Å²) in [6, 6.07) is 12.1. The molecule has 0 aliphatic carbocycles. The standard InChI is InChI=1S/C27H32Cl2N2O6/c1-26(2,3)37-23(33)11-12-27(25(34)30-16-19-5-8-20(28)15-22(19)29)17-36-24(31-27)18-6-9-21(10-7-18)35-14-4-13-32/h5-10,15,32H,4,11-14,16-17H2,1-3H3,(H,30,34)/t27-/m1/s1. The van der Waals surface area contributed by atoms with Gasteiger partial charge >= 0.3 is 5.97 Å². The Kier molecular flexibility index (Phi) is 9.81. The Hall–Kier alpha value is -2.81. The van der Waals surface area contributed by atoms with Gasteiger partial charge in [0.05, 0.1) is 6.61 Å². The van der Waals surface area contributed by atoms with Crippen LogP contribution in [0.5, 0.6) is 5.75 Å². The molecule has 0 unspecified atom stereocenters. The van der Waals surface area contributed by atoms with Crippen LogP contribution in [0.1, 0.15) is 51.2 Å². The minimum Gasteiger partial charge on any atom is -0.494 e. The quantitative estimate of drug-likeness (QED) is 0.310. The molecule has 0 bridgehead atoms. The van der Waals surface area contributed by atoms with Crippen molar-refractivity contribution >= 4 is 41.0 Å². The van der Waals surface area contributed by atoms with Crippen LogP contribution in [0.2, 0.25) is 10.0 Å². The zero-order chi connectivity index (χ0) is 27.1. The van der Waals surface area contributed by atoms with E-state index in [2.05, 4.69) is 10.3 Å². The van der Waals surface area contributed by atoms with Gasteiger partial charge < -0.3 is 24.6 Å². The largest absolute Gasteiger partial charge is 0.494 e. The zero-order valence-electron chi connectivity index (χ0n) is 21.2. The maximum Gasteiger partial charge on any atom is 0.306 e. The van der Waals surface area contributed by atoms with E-state index in [4.69, 9.17) is 42.5 Å². The number of carbonyl (C=O) groups excluding carboxylic acids is 2. The van der Waals surface area contributed by atoms with Gasteiger partial charge in [0.1, 0.15) is 18.0 Å². The Morgan fingerprint density at radius 1 is 1.16 bits per heavy atom. The summed E-state index contributed by atoms with van der Waals surface area (Å²) in [5.41, 5.74) is -0.593. The summed E-state index contributed by atoms with van der Waals surface area (Å²) >= 11 is 12.2. The van der Waals surface area contributed by atoms with Crippen molar-refractivity contribution in [2.45, 2.75) is 57.7 Å². The zero-order valence-corrected chi connectivity index (χ0v) is 22.7. The fraction of sp³-hybridized carbons (Fsp3) is 0.444. The van der Waals surface area contributed by atoms with E-state index in [1.54, 1.807) is 63.2 Å². The number of amides is 1. The molecule has 37 heavy (non-hydrogen) atoms. The molecule has 2 aromatic carbocycles. The second-order valence-corrected chi connectivity index (χ2v) is 10.5. The highest BCUT2D eigenvalue weighted by Gasteiger charge is 2.44. The molecule has 10 heteroatoms. The van der Waals surface area contributed by atoms with E-state index >= 15 is 0 Å². The molecule has 0 saturated carbocycles. The average molecular weight is 551 g/mol. The van der Waals surface area contributed by atoms with Crippen molar-refractivity contribution in [2.24, 2.45) is 4.99 Å². The summed E-state index contributed by atoms with van der Waals surface area (Å²) < 4.78 is 16.8. The van der Waals surface area contributed by atoms with Crippen molar-refractivity contribution in [3.63, 3.8) is 0 Å². The molecule has 1 heterocycles. The first kappa shape index (κ1) is 28.8. The topological polar surface area (TPSA) is 106 Å². The normalized spacial score (nSPS) is 17.1. The van der Waals surface area contributed by atoms with E-state index < -0.39 is 17.1 Å². The molecule has 2 N–H and O–H groups in total. The van der Waals surface area contributed by atoms with Gasteiger partial charge in [-0.05, 0) is 69.2 Å². The van der Waals surface area contributed by atoms with Gasteiger partial charge in [0.2, 0.25) is 5.90 Å². The summed E-state index contributed by atoms with van der Waals surface area (Å²) in [5, 5.41) is 12.7. The van der Waals surface area contributed by atoms with Crippen LogP contribution >= 0.6 is 23.2 Å². The third kappa shape index (κ3) is 8.35. The third-order valence-electron chi connectivity index (χ3n) is 5.48. The number of carbonyl (C=O) groups is 2. The summed E-state index contributed by atoms with van der Waals surface area (Å²) in [6.45, 7) is 5.95. The number of rotatable bonds is 11. The number of aliphatic hydroxyl groups is 1. The number of aliphatic imine (C=N–C) groups is 1. The Bertz CT molecular complexity index is 1130. The smallest absolute Gasteiger partial charge is 0.306 e. The first-order chi connectivity index (χ1) is 17.5. The van der Waals surface area contributed by atoms with Crippen LogP contribution < -0.4 is 10.1 Å². The van der Waals surface area contributed by atoms with Gasteiger partial charge in [0, 0.05) is 41.6 Å². The molecule has 0 aromatic heterocycles. The Labute approximate surface area is 226 Å². The van der Waals surface area contributed by atoms with Crippen LogP contribution in [-0.4, -0.2) is 53.8 Å². The summed E-state index contributed by atoms with van der Waals surface area (Å²) in [5.74, 6) is 0.129. The lowest BCUT2D eigenvalue weighted by Crippen LogP contribution is -2.47. The van der Waals surface area contributed by atoms with Crippen LogP contribution in [0, 0.1) is 0 Å². The number of benzene rings is 2. The van der Waals surface area contributed by atoms with E-state index in [0.29, 0.717) is 45.8 Å². The lowest BCUT2D eigenvalue weighted by molar-refractivity contribution is -0.155. The molecular formula is C27H32Cl2N2O6. The number of aliphatic hydroxyl groups excluding tert-OH is 1. The van der Waals surface area contributed by atoms with Crippen LogP contribution in [0.3, 0.4) is 0 Å². The summed E-state index contributed by atoms with van der Waals surface area (Å²) in [4.78, 5) is 30.5. The maximum absolute atomic E-state index is 13.4. The van der Waals surface area contributed by atoms with Gasteiger partial charge in [-0.25, -0.2) is 4.99 Å². The molecule has 1 aliphatic rings. The third-order valence-corrected chi connectivity index (χ3v) is 6.06. The van der Waals surface area contributed by atoms with Gasteiger partial charge in [-0.2, -0.15) is 0 Å². The highest BCUT2D eigenvalue weighted by atomic mass is 35.5. The molecule has 0 spiro atoms. The monoisotopic (exact) mass is 550 g/mol. The molecule has 1 amide bonds. The first-order valence-electron chi connectivity index (χ1n) is 12.0. The Morgan fingerprint density at radius 2 is 1.89 bits per heavy atom. The van der Waals surface area contributed by atoms with Crippen LogP contribution in [0.15, 0.2) is 47.5 Å². The van der Waals surface area contributed by atoms with Gasteiger partial charge in [0.25, 0.3) is 5.91 Å². The van der Waals surface area contributed by atoms with E-state index in [-0.39, 0.29) is 38.5 Å². The fourth-order valence-electron chi connectivity index (χ4n) is 3.61. The van der Waals surface area contributed by atoms with Crippen molar-refractivity contribution in [3.05, 3.63) is 63.6 Å². The molecular weight excluding hydrogens is 519 g/mol. The molecule has 0 fully saturated rings. The molecule has 0 radical (unpaired) electrons. The number of ether oxygens (including phenoxy) is 3. The molecule has 0 saturated heterocycles. The number of nitrogens with zero attached hydrogens (tertiary/aromatic N) is 1. The molecule has 8 nitrogen and oxygen atoms in total. The van der Waals surface area contributed by atoms with E-state index in [1.807, 2.05) is 0 Å². The number of hydrogen-bond acceptors (Lipinski definition) is 7. The average Bonchev–Trinajstić information content (AvgIpc) is 3.27. The highest BCUT2D eigenvalue weighted by Crippen LogP contribution is 2.29. The number of hydrogen-bond donors (Lipinski definition) is 2. The molecule has 1 atom stereocenters. The number of halogens is 2. The first-order valence-corrected chi connectivity index (χ1v) is 12.8. The second-order valence-electron chi connectivity index (χ2n) is 9.69. The summed E-state index contributed by atoms with van der Waals surface area (Å²) in [7, 11) is 0. The van der Waals surface area contributed by atoms with Gasteiger partial charge in [-0.1, -0.05) is 29.3 Å². The molecule has 3 rings (SSSR count). The lowest BCUT2D eigenvalue weighted by Gasteiger charge is -2.24.